The fourth-order valence-corrected chi connectivity index (χ4v) is 3.92. The van der Waals surface area contributed by atoms with Crippen molar-refractivity contribution in [2.75, 3.05) is 13.2 Å². The van der Waals surface area contributed by atoms with Crippen LogP contribution in [0.15, 0.2) is 51.8 Å². The van der Waals surface area contributed by atoms with E-state index in [1.54, 1.807) is 12.3 Å². The Kier molecular flexibility index (Phi) is 10.7. The molecular weight excluding hydrogens is 466 g/mol. The van der Waals surface area contributed by atoms with E-state index in [2.05, 4.69) is 24.0 Å². The number of aryl methyl sites for hydroxylation is 1. The van der Waals surface area contributed by atoms with Gasteiger partial charge in [0.2, 0.25) is 5.88 Å². The Morgan fingerprint density at radius 3 is 2.35 bits per heavy atom. The Bertz CT molecular complexity index is 1200. The first-order valence-electron chi connectivity index (χ1n) is 13.7. The minimum Gasteiger partial charge on any atom is -0.478 e. The Hall–Kier alpha value is -3.15. The zero-order valence-electron chi connectivity index (χ0n) is 22.8. The fraction of sp³-hybridized carbons (Fsp3) is 0.516. The van der Waals surface area contributed by atoms with Gasteiger partial charge in [-0.25, -0.2) is 9.78 Å². The summed E-state index contributed by atoms with van der Waals surface area (Å²) in [5, 5.41) is 0.764. The molecule has 6 heteroatoms. The third-order valence-electron chi connectivity index (χ3n) is 6.88. The van der Waals surface area contributed by atoms with Crippen LogP contribution in [0.3, 0.4) is 0 Å². The second-order valence-corrected chi connectivity index (χ2v) is 10.3. The van der Waals surface area contributed by atoms with E-state index in [0.717, 1.165) is 68.7 Å². The molecule has 0 spiro atoms. The van der Waals surface area contributed by atoms with E-state index in [0.29, 0.717) is 30.2 Å². The molecule has 0 aliphatic heterocycles. The molecule has 0 fully saturated rings. The van der Waals surface area contributed by atoms with Crippen molar-refractivity contribution in [3.63, 3.8) is 0 Å². The average molecular weight is 508 g/mol. The number of hydrogen-bond acceptors (Lipinski definition) is 6. The highest BCUT2D eigenvalue weighted by Crippen LogP contribution is 2.24. The van der Waals surface area contributed by atoms with Crippen LogP contribution in [0.2, 0.25) is 0 Å². The number of fused-ring (bicyclic) bond motifs is 1. The smallest absolute Gasteiger partial charge is 0.344 e. The summed E-state index contributed by atoms with van der Waals surface area (Å²) >= 11 is 0. The van der Waals surface area contributed by atoms with Gasteiger partial charge >= 0.3 is 11.6 Å². The quantitative estimate of drug-likeness (QED) is 0.156. The summed E-state index contributed by atoms with van der Waals surface area (Å²) in [4.78, 5) is 29.0. The second-order valence-electron chi connectivity index (χ2n) is 10.3. The Labute approximate surface area is 220 Å². The predicted molar refractivity (Wildman–Crippen MR) is 148 cm³/mol. The number of carbonyl (C=O) groups excluding carboxylic acids is 1. The van der Waals surface area contributed by atoms with Gasteiger partial charge in [0.05, 0.1) is 24.2 Å². The molecule has 1 aromatic carbocycles. The number of carbonyl (C=O) groups is 1. The maximum Gasteiger partial charge on any atom is 0.344 e. The Morgan fingerprint density at radius 1 is 0.946 bits per heavy atom. The third kappa shape index (κ3) is 8.44. The van der Waals surface area contributed by atoms with E-state index >= 15 is 0 Å². The van der Waals surface area contributed by atoms with Crippen molar-refractivity contribution in [1.82, 2.24) is 4.98 Å². The van der Waals surface area contributed by atoms with Crippen LogP contribution in [0.1, 0.15) is 84.6 Å². The van der Waals surface area contributed by atoms with Crippen molar-refractivity contribution in [2.45, 2.75) is 85.5 Å². The van der Waals surface area contributed by atoms with Gasteiger partial charge in [-0.3, -0.25) is 4.79 Å². The summed E-state index contributed by atoms with van der Waals surface area (Å²) in [6.45, 7) is 9.04. The summed E-state index contributed by atoms with van der Waals surface area (Å²) in [5.41, 5.74) is 2.36. The summed E-state index contributed by atoms with van der Waals surface area (Å²) in [6, 6.07) is 11.6. The van der Waals surface area contributed by atoms with E-state index < -0.39 is 5.41 Å². The first kappa shape index (κ1) is 28.4. The number of benzene rings is 1. The zero-order valence-corrected chi connectivity index (χ0v) is 22.8. The highest BCUT2D eigenvalue weighted by Gasteiger charge is 2.26. The van der Waals surface area contributed by atoms with Gasteiger partial charge in [0, 0.05) is 17.6 Å². The van der Waals surface area contributed by atoms with Crippen LogP contribution >= 0.6 is 0 Å². The fourth-order valence-electron chi connectivity index (χ4n) is 3.92. The molecule has 0 aliphatic rings. The third-order valence-corrected chi connectivity index (χ3v) is 6.88. The van der Waals surface area contributed by atoms with Gasteiger partial charge in [-0.2, -0.15) is 0 Å². The highest BCUT2D eigenvalue weighted by molar-refractivity contribution is 5.81. The molecule has 2 aromatic heterocycles. The molecule has 200 valence electrons. The van der Waals surface area contributed by atoms with E-state index in [9.17, 15) is 9.59 Å². The van der Waals surface area contributed by atoms with Crippen LogP contribution in [0.25, 0.3) is 22.1 Å². The van der Waals surface area contributed by atoms with Gasteiger partial charge in [-0.05, 0) is 63.1 Å². The highest BCUT2D eigenvalue weighted by atomic mass is 16.5. The Morgan fingerprint density at radius 2 is 1.65 bits per heavy atom. The zero-order chi connectivity index (χ0) is 26.7. The van der Waals surface area contributed by atoms with Crippen molar-refractivity contribution >= 4 is 16.9 Å². The standard InChI is InChI=1S/C31H41NO5/c1-5-7-13-23-14-16-24(17-15-23)26-20-25-22-32-28(21-27(25)37-29(26)33)35-18-11-9-8-10-12-19-36-30(34)31(3,4)6-2/h14-17,20-22H,5-13,18-19H2,1-4H3. The lowest BCUT2D eigenvalue weighted by molar-refractivity contribution is -0.154. The molecular formula is C31H41NO5. The van der Waals surface area contributed by atoms with Gasteiger partial charge in [-0.15, -0.1) is 0 Å². The van der Waals surface area contributed by atoms with E-state index in [1.807, 2.05) is 39.0 Å². The number of pyridine rings is 1. The lowest BCUT2D eigenvalue weighted by Gasteiger charge is -2.20. The van der Waals surface area contributed by atoms with Crippen LogP contribution in [-0.4, -0.2) is 24.2 Å². The first-order chi connectivity index (χ1) is 17.8. The van der Waals surface area contributed by atoms with Crippen molar-refractivity contribution < 1.29 is 18.7 Å². The van der Waals surface area contributed by atoms with Crippen molar-refractivity contribution in [2.24, 2.45) is 5.41 Å². The minimum absolute atomic E-state index is 0.116. The van der Waals surface area contributed by atoms with Gasteiger partial charge in [0.25, 0.3) is 0 Å². The van der Waals surface area contributed by atoms with Gasteiger partial charge in [0.1, 0.15) is 5.58 Å². The molecule has 0 saturated heterocycles. The molecule has 6 nitrogen and oxygen atoms in total. The van der Waals surface area contributed by atoms with Crippen molar-refractivity contribution in [1.29, 1.82) is 0 Å². The SMILES string of the molecule is CCCCc1ccc(-c2cc3cnc(OCCCCCCCOC(=O)C(C)(C)CC)cc3oc2=O)cc1. The molecule has 0 unspecified atom stereocenters. The van der Waals surface area contributed by atoms with Gasteiger partial charge in [0.15, 0.2) is 0 Å². The number of ether oxygens (including phenoxy) is 2. The number of unbranched alkanes of at least 4 members (excludes halogenated alkanes) is 5. The average Bonchev–Trinajstić information content (AvgIpc) is 2.90. The minimum atomic E-state index is -0.404. The molecule has 2 heterocycles. The van der Waals surface area contributed by atoms with E-state index in [-0.39, 0.29) is 11.6 Å². The Balaban J connectivity index is 1.42. The maximum atomic E-state index is 12.7. The molecule has 0 atom stereocenters. The number of hydrogen-bond donors (Lipinski definition) is 0. The molecule has 0 saturated carbocycles. The normalized spacial score (nSPS) is 11.6. The molecule has 0 amide bonds. The summed E-state index contributed by atoms with van der Waals surface area (Å²) in [6.07, 6.45) is 10.7. The van der Waals surface area contributed by atoms with Crippen LogP contribution in [0, 0.1) is 5.41 Å². The molecule has 0 radical (unpaired) electrons. The molecule has 3 aromatic rings. The summed E-state index contributed by atoms with van der Waals surface area (Å²) < 4.78 is 16.8. The second kappa shape index (κ2) is 14.0. The molecule has 0 N–H and O–H groups in total. The maximum absolute atomic E-state index is 12.7. The monoisotopic (exact) mass is 507 g/mol. The van der Waals surface area contributed by atoms with Crippen molar-refractivity contribution in [3.05, 3.63) is 58.6 Å². The van der Waals surface area contributed by atoms with Crippen LogP contribution in [0.4, 0.5) is 0 Å². The summed E-state index contributed by atoms with van der Waals surface area (Å²) in [7, 11) is 0. The molecule has 3 rings (SSSR count). The molecule has 37 heavy (non-hydrogen) atoms. The summed E-state index contributed by atoms with van der Waals surface area (Å²) in [5.74, 6) is 0.337. The van der Waals surface area contributed by atoms with Crippen LogP contribution < -0.4 is 10.4 Å². The number of nitrogens with zero attached hydrogens (tertiary/aromatic N) is 1. The van der Waals surface area contributed by atoms with Crippen LogP contribution in [0.5, 0.6) is 5.88 Å². The number of esters is 1. The van der Waals surface area contributed by atoms with Gasteiger partial charge in [-0.1, -0.05) is 63.8 Å². The predicted octanol–water partition coefficient (Wildman–Crippen LogP) is 7.51. The lowest BCUT2D eigenvalue weighted by Crippen LogP contribution is -2.26. The van der Waals surface area contributed by atoms with Crippen LogP contribution in [-0.2, 0) is 16.0 Å². The molecule has 0 bridgehead atoms. The number of aromatic nitrogens is 1. The first-order valence-corrected chi connectivity index (χ1v) is 13.7. The topological polar surface area (TPSA) is 78.6 Å². The molecule has 0 aliphatic carbocycles. The van der Waals surface area contributed by atoms with Gasteiger partial charge < -0.3 is 13.9 Å². The van der Waals surface area contributed by atoms with E-state index in [4.69, 9.17) is 13.9 Å². The van der Waals surface area contributed by atoms with Crippen molar-refractivity contribution in [3.8, 4) is 17.0 Å². The lowest BCUT2D eigenvalue weighted by atomic mass is 9.91. The number of rotatable bonds is 15. The largest absolute Gasteiger partial charge is 0.478 e. The van der Waals surface area contributed by atoms with E-state index in [1.165, 1.54) is 5.56 Å².